The van der Waals surface area contributed by atoms with Gasteiger partial charge in [0, 0.05) is 6.54 Å². The number of rotatable bonds is 8. The van der Waals surface area contributed by atoms with Gasteiger partial charge in [0.1, 0.15) is 12.2 Å². The minimum Gasteiger partial charge on any atom is -0.446 e. The van der Waals surface area contributed by atoms with Crippen molar-refractivity contribution in [1.82, 2.24) is 10.2 Å². The Bertz CT molecular complexity index is 1050. The summed E-state index contributed by atoms with van der Waals surface area (Å²) in [5.41, 5.74) is 0.964. The number of alkyl carbamates (subject to hydrolysis) is 1. The molecule has 3 heterocycles. The number of allylic oxidation sites excluding steroid dienone is 1. The number of nitrogens with zero attached hydrogens (tertiary/aromatic N) is 1. The average molecular weight is 613 g/mol. The molecule has 2 amide bonds. The molecule has 5 rings (SSSR count). The van der Waals surface area contributed by atoms with Crippen LogP contribution >= 0.6 is 0 Å². The number of β-amino-alcohol motifs (C(OH)–C–C–N with tert-alkyl or cyclic N) is 1. The maximum absolute atomic E-state index is 13.7. The summed E-state index contributed by atoms with van der Waals surface area (Å²) in [5, 5.41) is 14.5. The van der Waals surface area contributed by atoms with E-state index in [4.69, 9.17) is 18.9 Å². The summed E-state index contributed by atoms with van der Waals surface area (Å²) in [4.78, 5) is 28.5. The fourth-order valence-corrected chi connectivity index (χ4v) is 7.16. The zero-order valence-electron chi connectivity index (χ0n) is 26.2. The number of aliphatic hydroxyl groups excluding tert-OH is 1. The largest absolute Gasteiger partial charge is 0.446 e. The zero-order chi connectivity index (χ0) is 30.6. The standard InChI is InChI=1S/C35H52N2O7/c38-30(29(23-26-15-9-7-10-16-26)36-34(39)43-32-25-42-33-28(32)20-22-41-33)24-37-21-14-6-4-2-1-3-5-13-19-31(44-35(37)40)27-17-11-8-12-18-27/h6-7,9-10,14-16,27-33,38H,1-5,8,11-13,17-25H2,(H,36,39)/b14-6-/t28-,29-,30+,31?,32-,33+/m0/s1. The molecule has 3 fully saturated rings. The first-order chi connectivity index (χ1) is 21.6. The second-order valence-electron chi connectivity index (χ2n) is 13.0. The summed E-state index contributed by atoms with van der Waals surface area (Å²) in [7, 11) is 0. The molecule has 0 aromatic heterocycles. The third kappa shape index (κ3) is 9.69. The van der Waals surface area contributed by atoms with Crippen LogP contribution in [0.15, 0.2) is 42.5 Å². The lowest BCUT2D eigenvalue weighted by Gasteiger charge is -2.34. The molecule has 1 aromatic rings. The zero-order valence-corrected chi connectivity index (χ0v) is 26.2. The monoisotopic (exact) mass is 612 g/mol. The van der Waals surface area contributed by atoms with Crippen LogP contribution < -0.4 is 5.32 Å². The van der Waals surface area contributed by atoms with Gasteiger partial charge in [-0.05, 0) is 62.8 Å². The van der Waals surface area contributed by atoms with Crippen LogP contribution in [0.4, 0.5) is 9.59 Å². The van der Waals surface area contributed by atoms with Crippen molar-refractivity contribution in [3.8, 4) is 0 Å². The fourth-order valence-electron chi connectivity index (χ4n) is 7.16. The number of fused-ring (bicyclic) bond motifs is 1. The maximum Gasteiger partial charge on any atom is 0.410 e. The van der Waals surface area contributed by atoms with E-state index in [2.05, 4.69) is 11.4 Å². The van der Waals surface area contributed by atoms with Crippen LogP contribution in [0.25, 0.3) is 0 Å². The van der Waals surface area contributed by atoms with Gasteiger partial charge in [-0.1, -0.05) is 81.0 Å². The summed E-state index contributed by atoms with van der Waals surface area (Å²) in [5.74, 6) is 0.419. The number of amides is 2. The van der Waals surface area contributed by atoms with Gasteiger partial charge in [-0.25, -0.2) is 9.59 Å². The first-order valence-electron chi connectivity index (χ1n) is 17.1. The number of ether oxygens (including phenoxy) is 4. The van der Waals surface area contributed by atoms with Gasteiger partial charge in [-0.2, -0.15) is 0 Å². The van der Waals surface area contributed by atoms with E-state index in [-0.39, 0.29) is 24.9 Å². The summed E-state index contributed by atoms with van der Waals surface area (Å²) >= 11 is 0. The molecule has 3 aliphatic heterocycles. The van der Waals surface area contributed by atoms with Crippen LogP contribution in [0.2, 0.25) is 0 Å². The second kappa shape index (κ2) is 17.2. The van der Waals surface area contributed by atoms with E-state index >= 15 is 0 Å². The van der Waals surface area contributed by atoms with Crippen LogP contribution in [0, 0.1) is 11.8 Å². The van der Waals surface area contributed by atoms with Crippen molar-refractivity contribution >= 4 is 12.2 Å². The Morgan fingerprint density at radius 3 is 2.55 bits per heavy atom. The SMILES string of the molecule is O=C(N[C@@H](Cc1ccccc1)[C@H](O)CN1C/C=C\CCCCCCCC(C2CCCCC2)OC1=O)O[C@H]1CO[C@H]2OCC[C@H]21. The van der Waals surface area contributed by atoms with E-state index in [0.29, 0.717) is 32.1 Å². The Morgan fingerprint density at radius 1 is 0.955 bits per heavy atom. The van der Waals surface area contributed by atoms with Crippen molar-refractivity contribution in [1.29, 1.82) is 0 Å². The van der Waals surface area contributed by atoms with Crippen molar-refractivity contribution in [3.05, 3.63) is 48.0 Å². The number of aliphatic hydroxyl groups is 1. The van der Waals surface area contributed by atoms with Crippen molar-refractivity contribution in [3.63, 3.8) is 0 Å². The molecule has 0 spiro atoms. The molecule has 1 saturated carbocycles. The normalized spacial score (nSPS) is 29.6. The second-order valence-corrected chi connectivity index (χ2v) is 13.0. The highest BCUT2D eigenvalue weighted by Crippen LogP contribution is 2.33. The molecule has 2 N–H and O–H groups in total. The Hall–Kier alpha value is -2.62. The lowest BCUT2D eigenvalue weighted by molar-refractivity contribution is -0.0907. The van der Waals surface area contributed by atoms with E-state index in [1.165, 1.54) is 32.1 Å². The summed E-state index contributed by atoms with van der Waals surface area (Å²) in [6.07, 6.45) is 15.9. The van der Waals surface area contributed by atoms with E-state index in [1.807, 2.05) is 36.4 Å². The number of hydrogen-bond acceptors (Lipinski definition) is 7. The van der Waals surface area contributed by atoms with Gasteiger partial charge in [0.15, 0.2) is 6.29 Å². The summed E-state index contributed by atoms with van der Waals surface area (Å²) in [6, 6.07) is 9.05. The van der Waals surface area contributed by atoms with Crippen molar-refractivity contribution < 1.29 is 33.6 Å². The highest BCUT2D eigenvalue weighted by molar-refractivity contribution is 5.69. The molecule has 0 radical (unpaired) electrons. The molecule has 44 heavy (non-hydrogen) atoms. The molecule has 0 bridgehead atoms. The molecule has 9 heteroatoms. The van der Waals surface area contributed by atoms with E-state index < -0.39 is 30.4 Å². The predicted octanol–water partition coefficient (Wildman–Crippen LogP) is 6.13. The number of cyclic esters (lactones) is 1. The maximum atomic E-state index is 13.7. The third-order valence-corrected chi connectivity index (χ3v) is 9.76. The van der Waals surface area contributed by atoms with Gasteiger partial charge in [0.05, 0.1) is 37.8 Å². The topological polar surface area (TPSA) is 107 Å². The molecule has 1 aliphatic carbocycles. The lowest BCUT2D eigenvalue weighted by Crippen LogP contribution is -2.51. The summed E-state index contributed by atoms with van der Waals surface area (Å²) < 4.78 is 23.2. The van der Waals surface area contributed by atoms with Gasteiger partial charge in [0.25, 0.3) is 0 Å². The minimum atomic E-state index is -1.04. The molecule has 244 valence electrons. The van der Waals surface area contributed by atoms with Crippen LogP contribution in [0.5, 0.6) is 0 Å². The Balaban J connectivity index is 1.27. The van der Waals surface area contributed by atoms with Gasteiger partial charge < -0.3 is 34.3 Å². The van der Waals surface area contributed by atoms with Crippen LogP contribution in [-0.2, 0) is 25.4 Å². The van der Waals surface area contributed by atoms with Crippen molar-refractivity contribution in [2.24, 2.45) is 11.8 Å². The first kappa shape index (κ1) is 32.8. The van der Waals surface area contributed by atoms with Crippen LogP contribution in [0.1, 0.15) is 89.0 Å². The highest BCUT2D eigenvalue weighted by Gasteiger charge is 2.44. The number of carbonyl (C=O) groups is 2. The van der Waals surface area contributed by atoms with E-state index in [9.17, 15) is 14.7 Å². The first-order valence-corrected chi connectivity index (χ1v) is 17.1. The smallest absolute Gasteiger partial charge is 0.410 e. The molecule has 9 nitrogen and oxygen atoms in total. The highest BCUT2D eigenvalue weighted by atomic mass is 16.7. The van der Waals surface area contributed by atoms with Crippen LogP contribution in [0.3, 0.4) is 0 Å². The minimum absolute atomic E-state index is 0.0211. The van der Waals surface area contributed by atoms with Crippen LogP contribution in [-0.4, -0.2) is 79.1 Å². The van der Waals surface area contributed by atoms with Gasteiger partial charge in [-0.3, -0.25) is 0 Å². The number of benzene rings is 1. The number of carbonyl (C=O) groups excluding carboxylic acids is 2. The third-order valence-electron chi connectivity index (χ3n) is 9.76. The quantitative estimate of drug-likeness (QED) is 0.340. The summed E-state index contributed by atoms with van der Waals surface area (Å²) in [6.45, 7) is 1.26. The van der Waals surface area contributed by atoms with Crippen molar-refractivity contribution in [2.75, 3.05) is 26.3 Å². The Kier molecular flexibility index (Phi) is 12.8. The Morgan fingerprint density at radius 2 is 1.70 bits per heavy atom. The van der Waals surface area contributed by atoms with Gasteiger partial charge >= 0.3 is 12.2 Å². The molecule has 4 aliphatic rings. The molecule has 6 atom stereocenters. The molecule has 1 unspecified atom stereocenters. The molecule has 2 saturated heterocycles. The lowest BCUT2D eigenvalue weighted by atomic mass is 9.83. The predicted molar refractivity (Wildman–Crippen MR) is 167 cm³/mol. The number of hydrogen-bond donors (Lipinski definition) is 2. The van der Waals surface area contributed by atoms with E-state index in [0.717, 1.165) is 56.9 Å². The molecular weight excluding hydrogens is 560 g/mol. The average Bonchev–Trinajstić information content (AvgIpc) is 3.66. The van der Waals surface area contributed by atoms with E-state index in [1.54, 1.807) is 4.90 Å². The molecule has 1 aromatic carbocycles. The molecular formula is C35H52N2O7. The Labute approximate surface area is 262 Å². The number of nitrogens with one attached hydrogen (secondary N) is 1. The van der Waals surface area contributed by atoms with Gasteiger partial charge in [-0.15, -0.1) is 0 Å². The van der Waals surface area contributed by atoms with Gasteiger partial charge in [0.2, 0.25) is 0 Å². The van der Waals surface area contributed by atoms with Crippen molar-refractivity contribution in [2.45, 2.75) is 121 Å². The fraction of sp³-hybridized carbons (Fsp3) is 0.714.